The lowest BCUT2D eigenvalue weighted by atomic mass is 9.88. The highest BCUT2D eigenvalue weighted by Gasteiger charge is 2.35. The number of hydrogen-bond donors (Lipinski definition) is 1. The zero-order valence-corrected chi connectivity index (χ0v) is 19.2. The normalized spacial score (nSPS) is 15.9. The minimum Gasteiger partial charge on any atom is -0.490 e. The predicted octanol–water partition coefficient (Wildman–Crippen LogP) is 4.41. The quantitative estimate of drug-likeness (QED) is 0.271. The topological polar surface area (TPSA) is 93.9 Å². The molecule has 9 heteroatoms. The third-order valence-electron chi connectivity index (χ3n) is 5.28. The van der Waals surface area contributed by atoms with Gasteiger partial charge in [-0.1, -0.05) is 30.3 Å². The molecule has 0 radical (unpaired) electrons. The van der Waals surface area contributed by atoms with Gasteiger partial charge in [0.25, 0.3) is 0 Å². The smallest absolute Gasteiger partial charge is 0.315 e. The van der Waals surface area contributed by atoms with Crippen molar-refractivity contribution in [3.05, 3.63) is 75.0 Å². The molecule has 1 atom stereocenters. The van der Waals surface area contributed by atoms with Crippen molar-refractivity contribution < 1.29 is 19.2 Å². The minimum absolute atomic E-state index is 0.0332. The van der Waals surface area contributed by atoms with Crippen LogP contribution in [0.15, 0.2) is 53.7 Å². The molecule has 168 valence electrons. The standard InChI is InChI=1S/C23H25N3O5S/c1-5-25-14(3)19(21(27)15-10-8-7-9-11-15)20(24-23(25)32)16-12-17(26(28)29)22(30-4)18(13-16)31-6-2/h7-13,20H,5-6H2,1-4H3,(H,24,32). The lowest BCUT2D eigenvalue weighted by Gasteiger charge is -2.37. The molecule has 0 fully saturated rings. The Morgan fingerprint density at radius 3 is 2.50 bits per heavy atom. The fourth-order valence-corrected chi connectivity index (χ4v) is 4.21. The molecule has 1 N–H and O–H groups in total. The van der Waals surface area contributed by atoms with Crippen molar-refractivity contribution >= 4 is 28.8 Å². The molecule has 0 bridgehead atoms. The summed E-state index contributed by atoms with van der Waals surface area (Å²) in [4.78, 5) is 26.6. The molecule has 32 heavy (non-hydrogen) atoms. The van der Waals surface area contributed by atoms with Crippen molar-refractivity contribution in [3.8, 4) is 11.5 Å². The summed E-state index contributed by atoms with van der Waals surface area (Å²) in [5.74, 6) is 0.0813. The molecular weight excluding hydrogens is 430 g/mol. The van der Waals surface area contributed by atoms with Crippen LogP contribution in [0.4, 0.5) is 5.69 Å². The van der Waals surface area contributed by atoms with Gasteiger partial charge in [0.1, 0.15) is 0 Å². The van der Waals surface area contributed by atoms with Gasteiger partial charge in [0.05, 0.1) is 24.7 Å². The van der Waals surface area contributed by atoms with Crippen LogP contribution in [0.5, 0.6) is 11.5 Å². The van der Waals surface area contributed by atoms with Gasteiger partial charge in [-0.05, 0) is 44.6 Å². The second-order valence-electron chi connectivity index (χ2n) is 7.08. The molecule has 3 rings (SSSR count). The van der Waals surface area contributed by atoms with Crippen molar-refractivity contribution in [3.63, 3.8) is 0 Å². The molecule has 0 saturated carbocycles. The molecule has 8 nitrogen and oxygen atoms in total. The number of ether oxygens (including phenoxy) is 2. The van der Waals surface area contributed by atoms with E-state index in [1.54, 1.807) is 37.3 Å². The molecule has 0 aliphatic carbocycles. The van der Waals surface area contributed by atoms with Crippen molar-refractivity contribution in [2.45, 2.75) is 26.8 Å². The van der Waals surface area contributed by atoms with Gasteiger partial charge in [-0.2, -0.15) is 0 Å². The summed E-state index contributed by atoms with van der Waals surface area (Å²) in [6.45, 7) is 6.42. The average molecular weight is 456 g/mol. The van der Waals surface area contributed by atoms with E-state index in [0.29, 0.717) is 40.7 Å². The first-order chi connectivity index (χ1) is 15.3. The SMILES string of the molecule is CCOc1cc(C2NC(=S)N(CC)C(C)=C2C(=O)c2ccccc2)cc([N+](=O)[O-])c1OC. The third kappa shape index (κ3) is 4.29. The van der Waals surface area contributed by atoms with E-state index in [-0.39, 0.29) is 23.0 Å². The molecule has 0 amide bonds. The summed E-state index contributed by atoms with van der Waals surface area (Å²) >= 11 is 5.53. The molecule has 1 aliphatic rings. The van der Waals surface area contributed by atoms with Crippen LogP contribution in [0.25, 0.3) is 0 Å². The first kappa shape index (κ1) is 23.2. The number of methoxy groups -OCH3 is 1. The van der Waals surface area contributed by atoms with Crippen molar-refractivity contribution in [2.75, 3.05) is 20.3 Å². The van der Waals surface area contributed by atoms with E-state index in [4.69, 9.17) is 21.7 Å². The van der Waals surface area contributed by atoms with Gasteiger partial charge in [0, 0.05) is 29.4 Å². The van der Waals surface area contributed by atoms with Gasteiger partial charge in [0.15, 0.2) is 16.6 Å². The summed E-state index contributed by atoms with van der Waals surface area (Å²) in [5.41, 5.74) is 1.92. The van der Waals surface area contributed by atoms with Gasteiger partial charge in [-0.3, -0.25) is 14.9 Å². The Bertz CT molecular complexity index is 1080. The molecule has 0 spiro atoms. The Hall–Kier alpha value is -3.46. The number of nitro groups is 1. The van der Waals surface area contributed by atoms with Gasteiger partial charge in [-0.15, -0.1) is 0 Å². The molecule has 2 aromatic rings. The summed E-state index contributed by atoms with van der Waals surface area (Å²) in [7, 11) is 1.35. The van der Waals surface area contributed by atoms with E-state index in [0.717, 1.165) is 0 Å². The maximum absolute atomic E-state index is 13.6. The number of benzene rings is 2. The minimum atomic E-state index is -0.693. The lowest BCUT2D eigenvalue weighted by molar-refractivity contribution is -0.385. The number of nitro benzene ring substituents is 1. The van der Waals surface area contributed by atoms with Crippen LogP contribution in [-0.4, -0.2) is 41.0 Å². The van der Waals surface area contributed by atoms with E-state index < -0.39 is 11.0 Å². The van der Waals surface area contributed by atoms with Crippen LogP contribution < -0.4 is 14.8 Å². The number of nitrogens with one attached hydrogen (secondary N) is 1. The number of rotatable bonds is 8. The largest absolute Gasteiger partial charge is 0.490 e. The van der Waals surface area contributed by atoms with E-state index >= 15 is 0 Å². The van der Waals surface area contributed by atoms with Crippen LogP contribution in [0.2, 0.25) is 0 Å². The molecule has 0 saturated heterocycles. The lowest BCUT2D eigenvalue weighted by Crippen LogP contribution is -2.47. The number of carbonyl (C=O) groups is 1. The van der Waals surface area contributed by atoms with Crippen molar-refractivity contribution in [1.29, 1.82) is 0 Å². The molecule has 1 unspecified atom stereocenters. The molecular formula is C23H25N3O5S. The first-order valence-corrected chi connectivity index (χ1v) is 10.6. The highest BCUT2D eigenvalue weighted by atomic mass is 32.1. The van der Waals surface area contributed by atoms with Crippen molar-refractivity contribution in [1.82, 2.24) is 10.2 Å². The van der Waals surface area contributed by atoms with E-state index in [2.05, 4.69) is 5.32 Å². The zero-order valence-electron chi connectivity index (χ0n) is 18.4. The van der Waals surface area contributed by atoms with Crippen LogP contribution >= 0.6 is 12.2 Å². The van der Waals surface area contributed by atoms with E-state index in [1.807, 2.05) is 24.8 Å². The van der Waals surface area contributed by atoms with E-state index in [9.17, 15) is 14.9 Å². The Labute approximate surface area is 192 Å². The van der Waals surface area contributed by atoms with Crippen molar-refractivity contribution in [2.24, 2.45) is 0 Å². The first-order valence-electron chi connectivity index (χ1n) is 10.2. The molecule has 2 aromatic carbocycles. The third-order valence-corrected chi connectivity index (χ3v) is 5.62. The number of allylic oxidation sites excluding steroid dienone is 1. The summed E-state index contributed by atoms with van der Waals surface area (Å²) < 4.78 is 10.9. The second kappa shape index (κ2) is 9.78. The Morgan fingerprint density at radius 2 is 1.94 bits per heavy atom. The maximum Gasteiger partial charge on any atom is 0.315 e. The van der Waals surface area contributed by atoms with Crippen LogP contribution in [-0.2, 0) is 0 Å². The van der Waals surface area contributed by atoms with Gasteiger partial charge in [0.2, 0.25) is 5.75 Å². The molecule has 1 aliphatic heterocycles. The zero-order chi connectivity index (χ0) is 23.4. The average Bonchev–Trinajstić information content (AvgIpc) is 2.78. The summed E-state index contributed by atoms with van der Waals surface area (Å²) in [6, 6.07) is 11.3. The van der Waals surface area contributed by atoms with Crippen LogP contribution in [0.3, 0.4) is 0 Å². The highest BCUT2D eigenvalue weighted by molar-refractivity contribution is 7.80. The summed E-state index contributed by atoms with van der Waals surface area (Å²) in [6.07, 6.45) is 0. The number of ketones is 1. The Morgan fingerprint density at radius 1 is 1.25 bits per heavy atom. The number of thiocarbonyl (C=S) groups is 1. The number of carbonyl (C=O) groups excluding carboxylic acids is 1. The summed E-state index contributed by atoms with van der Waals surface area (Å²) in [5, 5.41) is 15.4. The van der Waals surface area contributed by atoms with Gasteiger partial charge in [-0.25, -0.2) is 0 Å². The molecule has 0 aromatic heterocycles. The predicted molar refractivity (Wildman–Crippen MR) is 125 cm³/mol. The van der Waals surface area contributed by atoms with Crippen LogP contribution in [0.1, 0.15) is 42.7 Å². The number of Topliss-reactive ketones (excluding diaryl/α,β-unsaturated/α-hetero) is 1. The molecule has 1 heterocycles. The monoisotopic (exact) mass is 455 g/mol. The van der Waals surface area contributed by atoms with Crippen LogP contribution in [0, 0.1) is 10.1 Å². The second-order valence-corrected chi connectivity index (χ2v) is 7.47. The van der Waals surface area contributed by atoms with Gasteiger partial charge >= 0.3 is 5.69 Å². The fourth-order valence-electron chi connectivity index (χ4n) is 3.83. The van der Waals surface area contributed by atoms with Gasteiger partial charge < -0.3 is 19.7 Å². The number of nitrogens with zero attached hydrogens (tertiary/aromatic N) is 2. The maximum atomic E-state index is 13.6. The van der Waals surface area contributed by atoms with E-state index in [1.165, 1.54) is 13.2 Å². The highest BCUT2D eigenvalue weighted by Crippen LogP contribution is 2.42. The fraction of sp³-hybridized carbons (Fsp3) is 0.304. The Balaban J connectivity index is 2.24. The number of hydrogen-bond acceptors (Lipinski definition) is 6. The Kier molecular flexibility index (Phi) is 7.09.